The van der Waals surface area contributed by atoms with Crippen LogP contribution in [0.3, 0.4) is 0 Å². The highest BCUT2D eigenvalue weighted by Crippen LogP contribution is 2.31. The summed E-state index contributed by atoms with van der Waals surface area (Å²) < 4.78 is 62.8. The summed E-state index contributed by atoms with van der Waals surface area (Å²) >= 11 is 0. The maximum Gasteiger partial charge on any atom is 0.416 e. The highest BCUT2D eigenvalue weighted by molar-refractivity contribution is 7.91. The van der Waals surface area contributed by atoms with Crippen LogP contribution in [0.4, 0.5) is 13.2 Å². The van der Waals surface area contributed by atoms with Gasteiger partial charge in [0.2, 0.25) is 0 Å². The largest absolute Gasteiger partial charge is 0.416 e. The van der Waals surface area contributed by atoms with Gasteiger partial charge in [-0.05, 0) is 11.6 Å². The third-order valence-corrected chi connectivity index (χ3v) is 6.63. The first-order chi connectivity index (χ1) is 11.7. The minimum atomic E-state index is -4.39. The van der Waals surface area contributed by atoms with E-state index in [0.29, 0.717) is 25.2 Å². The van der Waals surface area contributed by atoms with Crippen molar-refractivity contribution in [2.24, 2.45) is 0 Å². The first kappa shape index (κ1) is 18.6. The van der Waals surface area contributed by atoms with Crippen LogP contribution in [0.15, 0.2) is 24.3 Å². The molecule has 0 saturated carbocycles. The monoisotopic (exact) mass is 378 g/mol. The van der Waals surface area contributed by atoms with E-state index in [9.17, 15) is 21.6 Å². The number of alkyl halides is 3. The number of fused-ring (bicyclic) bond motifs is 1. The number of aliphatic hydroxyl groups is 1. The molecule has 0 aliphatic carbocycles. The lowest BCUT2D eigenvalue weighted by Crippen LogP contribution is -2.59. The standard InChI is InChI=1S/C16H21F3N2O3S/c17-16(18,19)13-3-1-2-12(8-13)9-21-5-4-20(6-7-22)14-10-25(23,24)11-15(14)21/h1-3,8,14-15,22H,4-7,9-11H2/t14-,15+/m0/s1. The zero-order valence-corrected chi connectivity index (χ0v) is 14.4. The number of rotatable bonds is 4. The number of hydrogen-bond acceptors (Lipinski definition) is 5. The first-order valence-corrected chi connectivity index (χ1v) is 9.97. The zero-order chi connectivity index (χ0) is 18.2. The molecule has 2 heterocycles. The Morgan fingerprint density at radius 1 is 1.12 bits per heavy atom. The van der Waals surface area contributed by atoms with E-state index >= 15 is 0 Å². The Morgan fingerprint density at radius 2 is 1.76 bits per heavy atom. The van der Waals surface area contributed by atoms with E-state index in [4.69, 9.17) is 5.11 Å². The first-order valence-electron chi connectivity index (χ1n) is 8.15. The van der Waals surface area contributed by atoms with Crippen LogP contribution in [0.2, 0.25) is 0 Å². The average Bonchev–Trinajstić information content (AvgIpc) is 2.85. The van der Waals surface area contributed by atoms with Crippen molar-refractivity contribution in [2.75, 3.05) is 37.7 Å². The molecule has 0 bridgehead atoms. The van der Waals surface area contributed by atoms with E-state index in [1.807, 2.05) is 9.80 Å². The van der Waals surface area contributed by atoms with Crippen LogP contribution >= 0.6 is 0 Å². The fourth-order valence-corrected chi connectivity index (χ4v) is 5.82. The predicted octanol–water partition coefficient (Wildman–Crippen LogP) is 0.981. The van der Waals surface area contributed by atoms with E-state index < -0.39 is 21.6 Å². The number of nitrogens with zero attached hydrogens (tertiary/aromatic N) is 2. The third kappa shape index (κ3) is 4.16. The van der Waals surface area contributed by atoms with Crippen LogP contribution in [0.1, 0.15) is 11.1 Å². The van der Waals surface area contributed by atoms with E-state index in [-0.39, 0.29) is 36.7 Å². The van der Waals surface area contributed by atoms with Gasteiger partial charge in [-0.25, -0.2) is 8.42 Å². The van der Waals surface area contributed by atoms with Crippen LogP contribution in [0.5, 0.6) is 0 Å². The molecule has 140 valence electrons. The molecule has 9 heteroatoms. The number of halogens is 3. The molecule has 25 heavy (non-hydrogen) atoms. The van der Waals surface area contributed by atoms with Gasteiger partial charge in [0.25, 0.3) is 0 Å². The fourth-order valence-electron chi connectivity index (χ4n) is 3.78. The number of hydrogen-bond donors (Lipinski definition) is 1. The number of piperazine rings is 1. The molecule has 0 radical (unpaired) electrons. The van der Waals surface area contributed by atoms with Gasteiger partial charge in [0, 0.05) is 38.3 Å². The van der Waals surface area contributed by atoms with E-state index in [1.165, 1.54) is 6.07 Å². The number of β-amino-alcohol motifs (C(OH)–C–C–N with tert-alkyl or cyclic N) is 1. The summed E-state index contributed by atoms with van der Waals surface area (Å²) in [5.74, 6) is 0.0509. The minimum Gasteiger partial charge on any atom is -0.395 e. The van der Waals surface area contributed by atoms with Crippen molar-refractivity contribution in [2.45, 2.75) is 24.8 Å². The molecule has 1 N–H and O–H groups in total. The van der Waals surface area contributed by atoms with Gasteiger partial charge >= 0.3 is 6.18 Å². The van der Waals surface area contributed by atoms with Crippen molar-refractivity contribution in [3.8, 4) is 0 Å². The second kappa shape index (κ2) is 6.86. The highest BCUT2D eigenvalue weighted by Gasteiger charge is 2.46. The molecule has 2 fully saturated rings. The van der Waals surface area contributed by atoms with Gasteiger partial charge in [0.05, 0.1) is 23.7 Å². The smallest absolute Gasteiger partial charge is 0.395 e. The van der Waals surface area contributed by atoms with Gasteiger partial charge in [-0.15, -0.1) is 0 Å². The molecule has 5 nitrogen and oxygen atoms in total. The average molecular weight is 378 g/mol. The van der Waals surface area contributed by atoms with E-state index in [0.717, 1.165) is 12.1 Å². The highest BCUT2D eigenvalue weighted by atomic mass is 32.2. The quantitative estimate of drug-likeness (QED) is 0.847. The second-order valence-corrected chi connectivity index (χ2v) is 8.79. The van der Waals surface area contributed by atoms with Gasteiger partial charge < -0.3 is 5.11 Å². The molecule has 0 aromatic heterocycles. The summed E-state index contributed by atoms with van der Waals surface area (Å²) in [4.78, 5) is 3.93. The summed E-state index contributed by atoms with van der Waals surface area (Å²) in [5, 5.41) is 9.17. The summed E-state index contributed by atoms with van der Waals surface area (Å²) in [6.07, 6.45) is -4.39. The van der Waals surface area contributed by atoms with Crippen LogP contribution in [-0.4, -0.2) is 73.2 Å². The van der Waals surface area contributed by atoms with Crippen LogP contribution in [-0.2, 0) is 22.6 Å². The molecule has 0 amide bonds. The lowest BCUT2D eigenvalue weighted by atomic mass is 10.0. The molecule has 2 aliphatic heterocycles. The Morgan fingerprint density at radius 3 is 2.40 bits per heavy atom. The molecule has 2 saturated heterocycles. The van der Waals surface area contributed by atoms with Crippen molar-refractivity contribution in [3.63, 3.8) is 0 Å². The Labute approximate surface area is 145 Å². The Hall–Kier alpha value is -1.16. The molecule has 0 unspecified atom stereocenters. The fraction of sp³-hybridized carbons (Fsp3) is 0.625. The predicted molar refractivity (Wildman–Crippen MR) is 86.7 cm³/mol. The molecule has 1 aromatic rings. The van der Waals surface area contributed by atoms with Crippen LogP contribution < -0.4 is 0 Å². The number of aliphatic hydroxyl groups excluding tert-OH is 1. The van der Waals surface area contributed by atoms with Crippen molar-refractivity contribution >= 4 is 9.84 Å². The summed E-state index contributed by atoms with van der Waals surface area (Å²) in [6, 6.07) is 4.71. The van der Waals surface area contributed by atoms with Crippen LogP contribution in [0, 0.1) is 0 Å². The van der Waals surface area contributed by atoms with Crippen molar-refractivity contribution in [3.05, 3.63) is 35.4 Å². The summed E-state index contributed by atoms with van der Waals surface area (Å²) in [5.41, 5.74) is -0.173. The third-order valence-electron chi connectivity index (χ3n) is 4.93. The van der Waals surface area contributed by atoms with Gasteiger partial charge in [0.15, 0.2) is 9.84 Å². The van der Waals surface area contributed by atoms with Crippen LogP contribution in [0.25, 0.3) is 0 Å². The second-order valence-electron chi connectivity index (χ2n) is 6.64. The SMILES string of the molecule is O=S1(=O)C[C@@H]2[C@H](C1)N(CCO)CCN2Cc1cccc(C(F)(F)F)c1. The van der Waals surface area contributed by atoms with Crippen molar-refractivity contribution in [1.29, 1.82) is 0 Å². The molecular formula is C16H21F3N2O3S. The molecule has 0 spiro atoms. The zero-order valence-electron chi connectivity index (χ0n) is 13.6. The summed E-state index contributed by atoms with van der Waals surface area (Å²) in [6.45, 7) is 1.81. The molecule has 2 atom stereocenters. The maximum absolute atomic E-state index is 12.9. The topological polar surface area (TPSA) is 60.9 Å². The number of sulfone groups is 1. The van der Waals surface area contributed by atoms with Gasteiger partial charge in [-0.2, -0.15) is 13.2 Å². The van der Waals surface area contributed by atoms with Crippen molar-refractivity contribution in [1.82, 2.24) is 9.80 Å². The molecule has 1 aromatic carbocycles. The van der Waals surface area contributed by atoms with E-state index in [2.05, 4.69) is 0 Å². The minimum absolute atomic E-state index is 0.0125. The van der Waals surface area contributed by atoms with Gasteiger partial charge in [0.1, 0.15) is 0 Å². The molecular weight excluding hydrogens is 357 g/mol. The van der Waals surface area contributed by atoms with E-state index in [1.54, 1.807) is 6.07 Å². The Balaban J connectivity index is 1.79. The number of benzene rings is 1. The maximum atomic E-state index is 12.9. The normalized spacial score (nSPS) is 27.4. The lowest BCUT2D eigenvalue weighted by Gasteiger charge is -2.43. The lowest BCUT2D eigenvalue weighted by molar-refractivity contribution is -0.137. The summed E-state index contributed by atoms with van der Waals surface area (Å²) in [7, 11) is -3.18. The Kier molecular flexibility index (Phi) is 5.11. The van der Waals surface area contributed by atoms with Gasteiger partial charge in [-0.3, -0.25) is 9.80 Å². The Bertz CT molecular complexity index is 724. The van der Waals surface area contributed by atoms with Gasteiger partial charge in [-0.1, -0.05) is 18.2 Å². The van der Waals surface area contributed by atoms with Crippen molar-refractivity contribution < 1.29 is 26.7 Å². The molecule has 2 aliphatic rings. The molecule has 3 rings (SSSR count).